The van der Waals surface area contributed by atoms with E-state index in [-0.39, 0.29) is 11.3 Å². The molecule has 20 heavy (non-hydrogen) atoms. The molecular formula is C15H20N4O. The van der Waals surface area contributed by atoms with E-state index in [4.69, 9.17) is 5.84 Å². The number of nitrogens with two attached hydrogens (primary N) is 1. The fraction of sp³-hybridized carbons (Fsp3) is 0.733. The van der Waals surface area contributed by atoms with Crippen molar-refractivity contribution in [2.75, 3.05) is 0 Å². The van der Waals surface area contributed by atoms with Gasteiger partial charge < -0.3 is 0 Å². The minimum absolute atomic E-state index is 0.263. The van der Waals surface area contributed by atoms with Gasteiger partial charge in [0, 0.05) is 11.1 Å². The molecule has 5 nitrogen and oxygen atoms in total. The van der Waals surface area contributed by atoms with Gasteiger partial charge in [0.25, 0.3) is 5.91 Å². The van der Waals surface area contributed by atoms with Gasteiger partial charge in [0.1, 0.15) is 0 Å². The zero-order chi connectivity index (χ0) is 13.5. The highest BCUT2D eigenvalue weighted by atomic mass is 16.2. The topological polar surface area (TPSA) is 83.8 Å². The van der Waals surface area contributed by atoms with Crippen LogP contribution in [0.4, 0.5) is 0 Å². The molecule has 4 aliphatic carbocycles. The van der Waals surface area contributed by atoms with E-state index in [0.717, 1.165) is 17.8 Å². The maximum atomic E-state index is 11.6. The number of hydrogen-bond donors (Lipinski definition) is 3. The molecule has 4 saturated carbocycles. The maximum Gasteiger partial charge on any atom is 0.285 e. The lowest BCUT2D eigenvalue weighted by Crippen LogP contribution is -2.42. The van der Waals surface area contributed by atoms with Crippen LogP contribution in [0, 0.1) is 23.2 Å². The Morgan fingerprint density at radius 3 is 3.10 bits per heavy atom. The molecule has 0 aromatic carbocycles. The smallest absolute Gasteiger partial charge is 0.285 e. The molecule has 1 aromatic heterocycles. The largest absolute Gasteiger partial charge is 0.289 e. The highest BCUT2D eigenvalue weighted by molar-refractivity contribution is 5.91. The van der Waals surface area contributed by atoms with Crippen LogP contribution in [-0.2, 0) is 5.41 Å². The first-order chi connectivity index (χ1) is 9.65. The molecule has 1 aromatic rings. The number of rotatable bonds is 2. The van der Waals surface area contributed by atoms with E-state index < -0.39 is 0 Å². The number of amides is 1. The minimum atomic E-state index is -0.306. The van der Waals surface area contributed by atoms with Gasteiger partial charge >= 0.3 is 0 Å². The second kappa shape index (κ2) is 3.27. The molecule has 0 saturated heterocycles. The number of fused-ring (bicyclic) bond motifs is 2. The molecule has 1 amide bonds. The van der Waals surface area contributed by atoms with E-state index in [2.05, 4.69) is 15.6 Å². The standard InChI is InChI=1S/C15H20N4O/c16-17-13(20)11-3-12(19-18-11)14-4-8-1-9-2-10(6-14)15(9,5-8)7-14/h3,8-10H,1-2,4-7,16H2,(H,17,20)(H,18,19). The minimum Gasteiger partial charge on any atom is -0.289 e. The van der Waals surface area contributed by atoms with Crippen LogP contribution in [-0.4, -0.2) is 16.1 Å². The van der Waals surface area contributed by atoms with Crippen molar-refractivity contribution in [3.63, 3.8) is 0 Å². The summed E-state index contributed by atoms with van der Waals surface area (Å²) in [5.41, 5.74) is 4.68. The van der Waals surface area contributed by atoms with Gasteiger partial charge in [-0.25, -0.2) is 5.84 Å². The summed E-state index contributed by atoms with van der Waals surface area (Å²) in [7, 11) is 0. The van der Waals surface area contributed by atoms with Gasteiger partial charge in [0.2, 0.25) is 0 Å². The number of carbonyl (C=O) groups is 1. The third-order valence-corrected chi connectivity index (χ3v) is 6.98. The average molecular weight is 272 g/mol. The number of hydrogen-bond acceptors (Lipinski definition) is 3. The molecule has 4 N–H and O–H groups in total. The van der Waals surface area contributed by atoms with Gasteiger partial charge in [-0.2, -0.15) is 5.10 Å². The zero-order valence-electron chi connectivity index (χ0n) is 11.5. The van der Waals surface area contributed by atoms with Crippen molar-refractivity contribution >= 4 is 5.91 Å². The Morgan fingerprint density at radius 1 is 1.35 bits per heavy atom. The molecule has 106 valence electrons. The second-order valence-electron chi connectivity index (χ2n) is 7.67. The SMILES string of the molecule is NNC(=O)c1cc(C23CC4CC5CC(C2)C5(C4)C3)[nH]n1. The lowest BCUT2D eigenvalue weighted by atomic mass is 9.55. The monoisotopic (exact) mass is 272 g/mol. The number of nitrogens with zero attached hydrogens (tertiary/aromatic N) is 1. The molecule has 4 fully saturated rings. The summed E-state index contributed by atoms with van der Waals surface area (Å²) in [4.78, 5) is 11.6. The Hall–Kier alpha value is -1.36. The third-order valence-electron chi connectivity index (χ3n) is 6.98. The Morgan fingerprint density at radius 2 is 2.25 bits per heavy atom. The molecule has 4 aliphatic rings. The van der Waals surface area contributed by atoms with E-state index in [1.165, 1.54) is 44.2 Å². The molecular weight excluding hydrogens is 252 g/mol. The van der Waals surface area contributed by atoms with E-state index in [1.807, 2.05) is 6.07 Å². The van der Waals surface area contributed by atoms with Crippen molar-refractivity contribution in [1.29, 1.82) is 0 Å². The molecule has 1 heterocycles. The normalized spacial score (nSPS) is 47.1. The van der Waals surface area contributed by atoms with E-state index in [1.54, 1.807) is 0 Å². The first-order valence-corrected chi connectivity index (χ1v) is 7.72. The number of carbonyl (C=O) groups excluding carboxylic acids is 1. The summed E-state index contributed by atoms with van der Waals surface area (Å²) >= 11 is 0. The van der Waals surface area contributed by atoms with Gasteiger partial charge in [-0.3, -0.25) is 15.3 Å². The van der Waals surface area contributed by atoms with Crippen molar-refractivity contribution in [2.45, 2.75) is 43.9 Å². The van der Waals surface area contributed by atoms with E-state index in [9.17, 15) is 4.79 Å². The molecule has 5 unspecified atom stereocenters. The quantitative estimate of drug-likeness (QED) is 0.433. The highest BCUT2D eigenvalue weighted by Gasteiger charge is 2.71. The number of H-pyrrole nitrogens is 1. The molecule has 0 radical (unpaired) electrons. The van der Waals surface area contributed by atoms with Gasteiger partial charge in [0.15, 0.2) is 5.69 Å². The number of nitrogens with one attached hydrogen (secondary N) is 2. The van der Waals surface area contributed by atoms with Gasteiger partial charge in [-0.1, -0.05) is 0 Å². The first-order valence-electron chi connectivity index (χ1n) is 7.72. The van der Waals surface area contributed by atoms with Crippen LogP contribution in [0.1, 0.15) is 54.7 Å². The van der Waals surface area contributed by atoms with Crippen molar-refractivity contribution in [3.8, 4) is 0 Å². The number of hydrazine groups is 1. The van der Waals surface area contributed by atoms with E-state index in [0.29, 0.717) is 11.1 Å². The predicted octanol–water partition coefficient (Wildman–Crippen LogP) is 1.48. The van der Waals surface area contributed by atoms with Crippen molar-refractivity contribution in [3.05, 3.63) is 17.5 Å². The van der Waals surface area contributed by atoms with Crippen LogP contribution in [0.5, 0.6) is 0 Å². The average Bonchev–Trinajstić information content (AvgIpc) is 3.05. The van der Waals surface area contributed by atoms with E-state index >= 15 is 0 Å². The van der Waals surface area contributed by atoms with Crippen LogP contribution < -0.4 is 11.3 Å². The fourth-order valence-corrected chi connectivity index (χ4v) is 6.46. The van der Waals surface area contributed by atoms with Crippen LogP contribution in [0.25, 0.3) is 0 Å². The van der Waals surface area contributed by atoms with Gasteiger partial charge in [-0.15, -0.1) is 0 Å². The molecule has 5 rings (SSSR count). The predicted molar refractivity (Wildman–Crippen MR) is 72.5 cm³/mol. The third kappa shape index (κ3) is 1.11. The van der Waals surface area contributed by atoms with Crippen LogP contribution in [0.15, 0.2) is 6.07 Å². The molecule has 1 spiro atoms. The van der Waals surface area contributed by atoms with Crippen LogP contribution >= 0.6 is 0 Å². The van der Waals surface area contributed by atoms with Gasteiger partial charge in [-0.05, 0) is 67.8 Å². The fourth-order valence-electron chi connectivity index (χ4n) is 6.46. The Bertz CT molecular complexity index is 607. The van der Waals surface area contributed by atoms with Crippen LogP contribution in [0.3, 0.4) is 0 Å². The summed E-state index contributed by atoms with van der Waals surface area (Å²) in [5, 5.41) is 7.31. The van der Waals surface area contributed by atoms with Crippen LogP contribution in [0.2, 0.25) is 0 Å². The van der Waals surface area contributed by atoms with Crippen molar-refractivity contribution < 1.29 is 4.79 Å². The summed E-state index contributed by atoms with van der Waals surface area (Å²) < 4.78 is 0. The Balaban J connectivity index is 1.55. The number of aromatic amines is 1. The zero-order valence-corrected chi connectivity index (χ0v) is 11.5. The number of aromatic nitrogens is 2. The summed E-state index contributed by atoms with van der Waals surface area (Å²) in [6.07, 6.45) is 8.26. The second-order valence-corrected chi connectivity index (χ2v) is 7.67. The van der Waals surface area contributed by atoms with Gasteiger partial charge in [0.05, 0.1) is 0 Å². The maximum absolute atomic E-state index is 11.6. The number of nitrogen functional groups attached to an aromatic ring is 1. The molecule has 0 aliphatic heterocycles. The molecule has 3 bridgehead atoms. The molecule has 5 atom stereocenters. The molecule has 5 heteroatoms. The Labute approximate surface area is 117 Å². The summed E-state index contributed by atoms with van der Waals surface area (Å²) in [6.45, 7) is 0. The van der Waals surface area contributed by atoms with Crippen molar-refractivity contribution in [1.82, 2.24) is 15.6 Å². The summed E-state index contributed by atoms with van der Waals surface area (Å²) in [5.74, 6) is 7.71. The Kier molecular flexibility index (Phi) is 1.85. The van der Waals surface area contributed by atoms with Crippen molar-refractivity contribution in [2.24, 2.45) is 29.0 Å². The lowest BCUT2D eigenvalue weighted by Gasteiger charge is -2.49. The lowest BCUT2D eigenvalue weighted by molar-refractivity contribution is -0.000238. The first kappa shape index (κ1) is 11.3. The highest BCUT2D eigenvalue weighted by Crippen LogP contribution is 2.78. The summed E-state index contributed by atoms with van der Waals surface area (Å²) in [6, 6.07) is 1.93.